The lowest BCUT2D eigenvalue weighted by atomic mass is 10.3. The van der Waals surface area contributed by atoms with Crippen molar-refractivity contribution in [3.05, 3.63) is 0 Å². The Hall–Kier alpha value is 0.310. The maximum absolute atomic E-state index is 2.41. The Balaban J connectivity index is 0. The van der Waals surface area contributed by atoms with Gasteiger partial charge in [0.15, 0.2) is 0 Å². The van der Waals surface area contributed by atoms with Crippen LogP contribution in [0.5, 0.6) is 0 Å². The van der Waals surface area contributed by atoms with Crippen LogP contribution in [0.2, 0.25) is 0 Å². The van der Waals surface area contributed by atoms with Gasteiger partial charge in [-0.2, -0.15) is 11.8 Å². The Labute approximate surface area is 82.9 Å². The Kier molecular flexibility index (Phi) is 14.0. The van der Waals surface area contributed by atoms with Gasteiger partial charge in [-0.25, -0.2) is 0 Å². The molecule has 1 atom stereocenters. The number of hydrogen-bond acceptors (Lipinski definition) is 2. The second-order valence-corrected chi connectivity index (χ2v) is 3.55. The van der Waals surface area contributed by atoms with Crippen molar-refractivity contribution in [2.45, 2.75) is 40.7 Å². The topological polar surface area (TPSA) is 3.24 Å². The number of thioether (sulfide) groups is 1. The number of rotatable bonds is 0. The second kappa shape index (κ2) is 11.3. The summed E-state index contributed by atoms with van der Waals surface area (Å²) in [5.74, 6) is 2.64. The maximum Gasteiger partial charge on any atom is 0.0155 e. The van der Waals surface area contributed by atoms with Gasteiger partial charge in [-0.1, -0.05) is 27.7 Å². The van der Waals surface area contributed by atoms with E-state index in [4.69, 9.17) is 0 Å². The van der Waals surface area contributed by atoms with Gasteiger partial charge in [-0.15, -0.1) is 0 Å². The van der Waals surface area contributed by atoms with Crippen molar-refractivity contribution in [2.24, 2.45) is 0 Å². The van der Waals surface area contributed by atoms with E-state index in [1.165, 1.54) is 18.1 Å². The summed E-state index contributed by atoms with van der Waals surface area (Å²) < 4.78 is 0. The molecule has 0 bridgehead atoms. The van der Waals surface area contributed by atoms with E-state index in [1.54, 1.807) is 0 Å². The van der Waals surface area contributed by atoms with Crippen molar-refractivity contribution in [3.63, 3.8) is 0 Å². The molecule has 0 amide bonds. The molecule has 0 N–H and O–H groups in total. The van der Waals surface area contributed by atoms with Crippen LogP contribution in [0.1, 0.15) is 34.6 Å². The lowest BCUT2D eigenvalue weighted by Gasteiger charge is -2.28. The summed E-state index contributed by atoms with van der Waals surface area (Å²) >= 11 is 2.07. The summed E-state index contributed by atoms with van der Waals surface area (Å²) in [5.41, 5.74) is 0. The first-order valence-corrected chi connectivity index (χ1v) is 6.24. The van der Waals surface area contributed by atoms with Crippen LogP contribution in [0.25, 0.3) is 0 Å². The SMILES string of the molecule is CC.CC.CC1CSCCN1C. The predicted octanol–water partition coefficient (Wildman–Crippen LogP) is 3.11. The van der Waals surface area contributed by atoms with Crippen molar-refractivity contribution in [2.75, 3.05) is 25.1 Å². The summed E-state index contributed by atoms with van der Waals surface area (Å²) in [6.45, 7) is 11.6. The van der Waals surface area contributed by atoms with Crippen LogP contribution in [0, 0.1) is 0 Å². The van der Waals surface area contributed by atoms with Crippen LogP contribution in [0.3, 0.4) is 0 Å². The van der Waals surface area contributed by atoms with Gasteiger partial charge in [0, 0.05) is 24.1 Å². The molecule has 1 heterocycles. The summed E-state index contributed by atoms with van der Waals surface area (Å²) in [4.78, 5) is 2.41. The fraction of sp³-hybridized carbons (Fsp3) is 1.00. The first-order chi connectivity index (χ1) is 5.80. The van der Waals surface area contributed by atoms with Crippen molar-refractivity contribution in [1.82, 2.24) is 4.90 Å². The molecule has 1 unspecified atom stereocenters. The highest BCUT2D eigenvalue weighted by Crippen LogP contribution is 2.12. The Morgan fingerprint density at radius 1 is 1.17 bits per heavy atom. The van der Waals surface area contributed by atoms with E-state index in [2.05, 4.69) is 30.6 Å². The highest BCUT2D eigenvalue weighted by Gasteiger charge is 2.12. The van der Waals surface area contributed by atoms with Gasteiger partial charge in [-0.3, -0.25) is 0 Å². The van der Waals surface area contributed by atoms with E-state index < -0.39 is 0 Å². The highest BCUT2D eigenvalue weighted by molar-refractivity contribution is 7.99. The molecule has 0 aromatic carbocycles. The predicted molar refractivity (Wildman–Crippen MR) is 62.1 cm³/mol. The van der Waals surface area contributed by atoms with Crippen molar-refractivity contribution < 1.29 is 0 Å². The van der Waals surface area contributed by atoms with E-state index >= 15 is 0 Å². The molecule has 1 aliphatic rings. The average molecular weight is 191 g/mol. The molecule has 12 heavy (non-hydrogen) atoms. The van der Waals surface area contributed by atoms with Crippen molar-refractivity contribution in [1.29, 1.82) is 0 Å². The van der Waals surface area contributed by atoms with Crippen LogP contribution in [0.4, 0.5) is 0 Å². The fourth-order valence-electron chi connectivity index (χ4n) is 0.810. The lowest BCUT2D eigenvalue weighted by molar-refractivity contribution is 0.287. The average Bonchev–Trinajstić information content (AvgIpc) is 2.17. The number of hydrogen-bond donors (Lipinski definition) is 0. The lowest BCUT2D eigenvalue weighted by Crippen LogP contribution is -2.36. The normalized spacial score (nSPS) is 23.0. The molecular weight excluding hydrogens is 166 g/mol. The smallest absolute Gasteiger partial charge is 0.0155 e. The Morgan fingerprint density at radius 2 is 1.67 bits per heavy atom. The van der Waals surface area contributed by atoms with Crippen molar-refractivity contribution >= 4 is 11.8 Å². The minimum absolute atomic E-state index is 0.800. The van der Waals surface area contributed by atoms with Gasteiger partial charge in [0.2, 0.25) is 0 Å². The quantitative estimate of drug-likeness (QED) is 0.579. The van der Waals surface area contributed by atoms with Crippen LogP contribution >= 0.6 is 11.8 Å². The van der Waals surface area contributed by atoms with Gasteiger partial charge < -0.3 is 4.90 Å². The van der Waals surface area contributed by atoms with Crippen LogP contribution in [-0.2, 0) is 0 Å². The van der Waals surface area contributed by atoms with Gasteiger partial charge in [-0.05, 0) is 14.0 Å². The second-order valence-electron chi connectivity index (χ2n) is 2.40. The van der Waals surface area contributed by atoms with Gasteiger partial charge in [0.1, 0.15) is 0 Å². The molecule has 0 radical (unpaired) electrons. The Bertz CT molecular complexity index is 66.2. The largest absolute Gasteiger partial charge is 0.302 e. The third-order valence-corrected chi connectivity index (χ3v) is 2.89. The van der Waals surface area contributed by atoms with Crippen molar-refractivity contribution in [3.8, 4) is 0 Å². The summed E-state index contributed by atoms with van der Waals surface area (Å²) in [5, 5.41) is 0. The molecule has 1 aliphatic heterocycles. The molecule has 1 fully saturated rings. The zero-order valence-electron chi connectivity index (χ0n) is 9.55. The molecule has 1 saturated heterocycles. The van der Waals surface area contributed by atoms with Crippen LogP contribution in [-0.4, -0.2) is 36.0 Å². The van der Waals surface area contributed by atoms with Gasteiger partial charge in [0.05, 0.1) is 0 Å². The molecule has 0 spiro atoms. The zero-order valence-corrected chi connectivity index (χ0v) is 10.4. The monoisotopic (exact) mass is 191 g/mol. The first kappa shape index (κ1) is 14.8. The van der Waals surface area contributed by atoms with E-state index in [0.717, 1.165) is 6.04 Å². The minimum Gasteiger partial charge on any atom is -0.302 e. The standard InChI is InChI=1S/C6H13NS.2C2H6/c1-6-5-8-4-3-7(6)2;2*1-2/h6H,3-5H2,1-2H3;2*1-2H3. The molecular formula is C10H25NS. The minimum atomic E-state index is 0.800. The molecule has 0 aromatic heterocycles. The molecule has 1 rings (SSSR count). The summed E-state index contributed by atoms with van der Waals surface area (Å²) in [6, 6.07) is 0.800. The van der Waals surface area contributed by atoms with E-state index in [-0.39, 0.29) is 0 Å². The van der Waals surface area contributed by atoms with Crippen LogP contribution in [0.15, 0.2) is 0 Å². The zero-order chi connectivity index (χ0) is 9.98. The molecule has 0 saturated carbocycles. The first-order valence-electron chi connectivity index (χ1n) is 5.08. The summed E-state index contributed by atoms with van der Waals surface area (Å²) in [6.07, 6.45) is 0. The highest BCUT2D eigenvalue weighted by atomic mass is 32.2. The van der Waals surface area contributed by atoms with Crippen LogP contribution < -0.4 is 0 Å². The third-order valence-electron chi connectivity index (χ3n) is 1.70. The van der Waals surface area contributed by atoms with Gasteiger partial charge >= 0.3 is 0 Å². The Morgan fingerprint density at radius 3 is 1.92 bits per heavy atom. The molecule has 76 valence electrons. The summed E-state index contributed by atoms with van der Waals surface area (Å²) in [7, 11) is 2.20. The third kappa shape index (κ3) is 6.99. The molecule has 0 aromatic rings. The van der Waals surface area contributed by atoms with E-state index in [1.807, 2.05) is 27.7 Å². The van der Waals surface area contributed by atoms with E-state index in [9.17, 15) is 0 Å². The van der Waals surface area contributed by atoms with Gasteiger partial charge in [0.25, 0.3) is 0 Å². The molecule has 0 aliphatic carbocycles. The number of nitrogens with zero attached hydrogens (tertiary/aromatic N) is 1. The fourth-order valence-corrected chi connectivity index (χ4v) is 1.99. The molecule has 1 nitrogen and oxygen atoms in total. The maximum atomic E-state index is 2.41. The molecule has 2 heteroatoms. The van der Waals surface area contributed by atoms with E-state index in [0.29, 0.717) is 0 Å².